The van der Waals surface area contributed by atoms with Crippen LogP contribution < -0.4 is 0 Å². The van der Waals surface area contributed by atoms with Crippen molar-refractivity contribution < 1.29 is 16.8 Å². The first kappa shape index (κ1) is 15.2. The van der Waals surface area contributed by atoms with Gasteiger partial charge in [0.05, 0.1) is 9.79 Å². The summed E-state index contributed by atoms with van der Waals surface area (Å²) in [6.45, 7) is 0. The van der Waals surface area contributed by atoms with Gasteiger partial charge < -0.3 is 0 Å². The van der Waals surface area contributed by atoms with Crippen LogP contribution in [0.5, 0.6) is 0 Å². The Kier molecular flexibility index (Phi) is 4.88. The van der Waals surface area contributed by atoms with Crippen LogP contribution in [-0.2, 0) is 24.5 Å². The van der Waals surface area contributed by atoms with E-state index in [1.807, 2.05) is 0 Å². The molecule has 0 bridgehead atoms. The molecule has 0 atom stereocenters. The van der Waals surface area contributed by atoms with Crippen LogP contribution in [0.3, 0.4) is 0 Å². The van der Waals surface area contributed by atoms with Crippen molar-refractivity contribution >= 4 is 55.4 Å². The smallest absolute Gasteiger partial charge is 0.207 e. The summed E-state index contributed by atoms with van der Waals surface area (Å²) < 4.78 is 44.8. The van der Waals surface area contributed by atoms with Crippen molar-refractivity contribution in [1.82, 2.24) is 0 Å². The molecular formula is C8H7BrCl2O4S2. The highest BCUT2D eigenvalue weighted by atomic mass is 79.9. The van der Waals surface area contributed by atoms with Gasteiger partial charge in [0.1, 0.15) is 0 Å². The predicted molar refractivity (Wildman–Crippen MR) is 70.0 cm³/mol. The van der Waals surface area contributed by atoms with Gasteiger partial charge in [-0.25, -0.2) is 16.8 Å². The van der Waals surface area contributed by atoms with E-state index >= 15 is 0 Å². The molecule has 9 heteroatoms. The summed E-state index contributed by atoms with van der Waals surface area (Å²) in [6.07, 6.45) is 0.407. The molecule has 0 aliphatic heterocycles. The topological polar surface area (TPSA) is 68.3 Å². The van der Waals surface area contributed by atoms with Gasteiger partial charge in [0.15, 0.2) is 0 Å². The fourth-order valence-electron chi connectivity index (χ4n) is 1.22. The molecule has 0 amide bonds. The largest absolute Gasteiger partial charge is 0.261 e. The Morgan fingerprint density at radius 3 is 2.06 bits per heavy atom. The monoisotopic (exact) mass is 380 g/mol. The lowest BCUT2D eigenvalue weighted by Crippen LogP contribution is -2.02. The van der Waals surface area contributed by atoms with Crippen LogP contribution in [0.15, 0.2) is 28.0 Å². The van der Waals surface area contributed by atoms with E-state index < -0.39 is 18.1 Å². The first-order valence-electron chi connectivity index (χ1n) is 4.24. The van der Waals surface area contributed by atoms with Crippen molar-refractivity contribution in [2.45, 2.75) is 16.2 Å². The summed E-state index contributed by atoms with van der Waals surface area (Å²) >= 11 is 3.16. The van der Waals surface area contributed by atoms with Gasteiger partial charge in [0.2, 0.25) is 0 Å². The van der Waals surface area contributed by atoms with Gasteiger partial charge in [0, 0.05) is 26.7 Å². The molecule has 17 heavy (non-hydrogen) atoms. The Balaban J connectivity index is 3.51. The van der Waals surface area contributed by atoms with E-state index in [9.17, 15) is 16.8 Å². The van der Waals surface area contributed by atoms with Crippen LogP contribution in [0.4, 0.5) is 0 Å². The van der Waals surface area contributed by atoms with Crippen molar-refractivity contribution in [3.63, 3.8) is 0 Å². The zero-order chi connectivity index (χ0) is 13.3. The molecule has 0 N–H and O–H groups in total. The van der Waals surface area contributed by atoms with Gasteiger partial charge in [0.25, 0.3) is 18.1 Å². The molecule has 0 aliphatic carbocycles. The number of benzene rings is 1. The summed E-state index contributed by atoms with van der Waals surface area (Å²) in [4.78, 5) is -0.531. The zero-order valence-electron chi connectivity index (χ0n) is 8.23. The highest BCUT2D eigenvalue weighted by Crippen LogP contribution is 2.26. The molecule has 0 heterocycles. The summed E-state index contributed by atoms with van der Waals surface area (Å²) in [5.41, 5.74) is 0.431. The van der Waals surface area contributed by atoms with Gasteiger partial charge in [-0.1, -0.05) is 22.0 Å². The molecule has 0 aromatic heterocycles. The maximum Gasteiger partial charge on any atom is 0.261 e. The first-order chi connectivity index (χ1) is 7.66. The van der Waals surface area contributed by atoms with Crippen LogP contribution in [0.1, 0.15) is 5.56 Å². The second kappa shape index (κ2) is 5.44. The highest BCUT2D eigenvalue weighted by molar-refractivity contribution is 9.09. The number of alkyl halides is 1. The Labute approximate surface area is 117 Å². The number of hydrogen-bond donors (Lipinski definition) is 0. The van der Waals surface area contributed by atoms with Crippen LogP contribution in [-0.4, -0.2) is 22.2 Å². The predicted octanol–water partition coefficient (Wildman–Crippen LogP) is 2.48. The standard InChI is InChI=1S/C8H7BrCl2O4S2/c9-4-3-6-1-2-7(16(10,12)13)5-8(6)17(11,14)15/h1-2,5H,3-4H2. The van der Waals surface area contributed by atoms with Gasteiger partial charge in [-0.3, -0.25) is 0 Å². The Morgan fingerprint density at radius 2 is 1.65 bits per heavy atom. The third kappa shape index (κ3) is 4.10. The molecule has 1 aromatic carbocycles. The maximum atomic E-state index is 11.3. The molecular weight excluding hydrogens is 375 g/mol. The second-order valence-electron chi connectivity index (χ2n) is 3.08. The van der Waals surface area contributed by atoms with Gasteiger partial charge >= 0.3 is 0 Å². The molecule has 0 unspecified atom stereocenters. The minimum absolute atomic E-state index is 0.236. The van der Waals surface area contributed by atoms with Gasteiger partial charge in [-0.05, 0) is 24.1 Å². The Morgan fingerprint density at radius 1 is 1.06 bits per heavy atom. The number of rotatable bonds is 4. The molecule has 0 fully saturated rings. The molecule has 1 rings (SSSR count). The van der Waals surface area contributed by atoms with Crippen molar-refractivity contribution in [2.75, 3.05) is 5.33 Å². The number of aryl methyl sites for hydroxylation is 1. The fourth-order valence-corrected chi connectivity index (χ4v) is 3.68. The van der Waals surface area contributed by atoms with E-state index in [1.165, 1.54) is 12.1 Å². The third-order valence-electron chi connectivity index (χ3n) is 1.95. The third-order valence-corrected chi connectivity index (χ3v) is 5.10. The maximum absolute atomic E-state index is 11.3. The van der Waals surface area contributed by atoms with E-state index in [0.717, 1.165) is 6.07 Å². The molecule has 0 saturated heterocycles. The molecule has 0 aliphatic rings. The quantitative estimate of drug-likeness (QED) is 0.593. The Bertz CT molecular complexity index is 625. The molecule has 4 nitrogen and oxygen atoms in total. The summed E-state index contributed by atoms with van der Waals surface area (Å²) in [6, 6.07) is 3.58. The lowest BCUT2D eigenvalue weighted by Gasteiger charge is -2.06. The first-order valence-corrected chi connectivity index (χ1v) is 9.98. The zero-order valence-corrected chi connectivity index (χ0v) is 13.0. The molecule has 96 valence electrons. The van der Waals surface area contributed by atoms with E-state index in [0.29, 0.717) is 17.3 Å². The van der Waals surface area contributed by atoms with Crippen molar-refractivity contribution in [3.05, 3.63) is 23.8 Å². The normalized spacial score (nSPS) is 12.6. The van der Waals surface area contributed by atoms with Gasteiger partial charge in [-0.2, -0.15) is 0 Å². The van der Waals surface area contributed by atoms with Crippen molar-refractivity contribution in [1.29, 1.82) is 0 Å². The van der Waals surface area contributed by atoms with E-state index in [-0.39, 0.29) is 9.79 Å². The minimum atomic E-state index is -4.01. The SMILES string of the molecule is O=S(=O)(Cl)c1ccc(CCBr)c(S(=O)(=O)Cl)c1. The molecule has 0 spiro atoms. The second-order valence-corrected chi connectivity index (χ2v) is 8.98. The fraction of sp³-hybridized carbons (Fsp3) is 0.250. The minimum Gasteiger partial charge on any atom is -0.207 e. The average Bonchev–Trinajstić information content (AvgIpc) is 2.15. The van der Waals surface area contributed by atoms with Crippen molar-refractivity contribution in [2.24, 2.45) is 0 Å². The lowest BCUT2D eigenvalue weighted by atomic mass is 10.2. The summed E-state index contributed by atoms with van der Waals surface area (Å²) in [7, 11) is 2.39. The van der Waals surface area contributed by atoms with Crippen LogP contribution in [0.2, 0.25) is 0 Å². The van der Waals surface area contributed by atoms with Crippen LogP contribution in [0, 0.1) is 0 Å². The average molecular weight is 382 g/mol. The molecule has 1 aromatic rings. The number of halogens is 3. The highest BCUT2D eigenvalue weighted by Gasteiger charge is 2.19. The number of hydrogen-bond acceptors (Lipinski definition) is 4. The van der Waals surface area contributed by atoms with Crippen LogP contribution in [0.25, 0.3) is 0 Å². The summed E-state index contributed by atoms with van der Waals surface area (Å²) in [5.74, 6) is 0. The van der Waals surface area contributed by atoms with E-state index in [4.69, 9.17) is 21.4 Å². The van der Waals surface area contributed by atoms with Gasteiger partial charge in [-0.15, -0.1) is 0 Å². The Hall–Kier alpha value is 0.180. The lowest BCUT2D eigenvalue weighted by molar-refractivity contribution is 0.607. The molecule has 0 radical (unpaired) electrons. The van der Waals surface area contributed by atoms with E-state index in [1.54, 1.807) is 0 Å². The molecule has 0 saturated carbocycles. The summed E-state index contributed by atoms with van der Waals surface area (Å²) in [5, 5.41) is 0.527. The van der Waals surface area contributed by atoms with Crippen LogP contribution >= 0.6 is 37.3 Å². The van der Waals surface area contributed by atoms with E-state index in [2.05, 4.69) is 15.9 Å². The van der Waals surface area contributed by atoms with Crippen molar-refractivity contribution in [3.8, 4) is 0 Å².